The maximum absolute atomic E-state index is 9.69. The quantitative estimate of drug-likeness (QED) is 0.856. The van der Waals surface area contributed by atoms with Gasteiger partial charge >= 0.3 is 0 Å². The second-order valence-corrected chi connectivity index (χ2v) is 5.71. The average molecular weight is 284 g/mol. The van der Waals surface area contributed by atoms with Crippen LogP contribution in [-0.4, -0.2) is 42.2 Å². The SMILES string of the molecule is COCC(O)Cc1nc(C2(OC)CCC(C)CC2)no1. The lowest BCUT2D eigenvalue weighted by molar-refractivity contribution is -0.0609. The molecule has 0 spiro atoms. The highest BCUT2D eigenvalue weighted by Crippen LogP contribution is 2.40. The second-order valence-electron chi connectivity index (χ2n) is 5.71. The zero-order chi connectivity index (χ0) is 14.6. The third-order valence-electron chi connectivity index (χ3n) is 4.12. The molecule has 2 rings (SSSR count). The summed E-state index contributed by atoms with van der Waals surface area (Å²) in [4.78, 5) is 4.41. The van der Waals surface area contributed by atoms with Gasteiger partial charge in [-0.1, -0.05) is 12.1 Å². The topological polar surface area (TPSA) is 77.6 Å². The summed E-state index contributed by atoms with van der Waals surface area (Å²) in [5.41, 5.74) is -0.430. The lowest BCUT2D eigenvalue weighted by atomic mass is 9.79. The molecule has 1 heterocycles. The normalized spacial score (nSPS) is 28.5. The highest BCUT2D eigenvalue weighted by Gasteiger charge is 2.40. The molecule has 0 bridgehead atoms. The molecule has 1 aromatic rings. The van der Waals surface area contributed by atoms with Crippen LogP contribution in [0.2, 0.25) is 0 Å². The van der Waals surface area contributed by atoms with Crippen molar-refractivity contribution in [3.8, 4) is 0 Å². The van der Waals surface area contributed by atoms with E-state index in [1.807, 2.05) is 0 Å². The van der Waals surface area contributed by atoms with Crippen LogP contribution in [0, 0.1) is 5.92 Å². The molecular formula is C14H24N2O4. The van der Waals surface area contributed by atoms with Crippen molar-refractivity contribution in [3.63, 3.8) is 0 Å². The fourth-order valence-electron chi connectivity index (χ4n) is 2.72. The van der Waals surface area contributed by atoms with Gasteiger partial charge in [-0.15, -0.1) is 0 Å². The fraction of sp³-hybridized carbons (Fsp3) is 0.857. The Labute approximate surface area is 119 Å². The van der Waals surface area contributed by atoms with E-state index in [4.69, 9.17) is 14.0 Å². The number of aliphatic hydroxyl groups excluding tert-OH is 1. The molecule has 114 valence electrons. The Morgan fingerprint density at radius 2 is 2.10 bits per heavy atom. The maximum Gasteiger partial charge on any atom is 0.229 e. The smallest absolute Gasteiger partial charge is 0.229 e. The van der Waals surface area contributed by atoms with Crippen LogP contribution >= 0.6 is 0 Å². The number of aromatic nitrogens is 2. The minimum atomic E-state index is -0.627. The molecule has 1 N–H and O–H groups in total. The Morgan fingerprint density at radius 3 is 2.70 bits per heavy atom. The number of aliphatic hydroxyl groups is 1. The zero-order valence-electron chi connectivity index (χ0n) is 12.5. The van der Waals surface area contributed by atoms with E-state index in [0.29, 0.717) is 24.1 Å². The van der Waals surface area contributed by atoms with Crippen molar-refractivity contribution in [1.29, 1.82) is 0 Å². The predicted octanol–water partition coefficient (Wildman–Crippen LogP) is 1.67. The van der Waals surface area contributed by atoms with Crippen LogP contribution in [0.1, 0.15) is 44.3 Å². The molecule has 20 heavy (non-hydrogen) atoms. The summed E-state index contributed by atoms with van der Waals surface area (Å²) in [5, 5.41) is 13.8. The van der Waals surface area contributed by atoms with Crippen molar-refractivity contribution in [2.75, 3.05) is 20.8 Å². The van der Waals surface area contributed by atoms with Gasteiger partial charge in [0.1, 0.15) is 5.60 Å². The molecule has 1 saturated carbocycles. The van der Waals surface area contributed by atoms with Gasteiger partial charge in [-0.25, -0.2) is 0 Å². The molecule has 0 aromatic carbocycles. The highest BCUT2D eigenvalue weighted by atomic mass is 16.5. The van der Waals surface area contributed by atoms with Crippen molar-refractivity contribution in [2.45, 2.75) is 50.7 Å². The average Bonchev–Trinajstić information content (AvgIpc) is 2.89. The number of rotatable bonds is 6. The Kier molecular flexibility index (Phi) is 5.12. The Balaban J connectivity index is 2.06. The van der Waals surface area contributed by atoms with Gasteiger partial charge in [-0.2, -0.15) is 4.98 Å². The molecular weight excluding hydrogens is 260 g/mol. The summed E-state index contributed by atoms with van der Waals surface area (Å²) >= 11 is 0. The molecule has 0 aliphatic heterocycles. The lowest BCUT2D eigenvalue weighted by Crippen LogP contribution is -2.34. The molecule has 1 atom stereocenters. The van der Waals surface area contributed by atoms with Crippen molar-refractivity contribution in [3.05, 3.63) is 11.7 Å². The number of hydrogen-bond acceptors (Lipinski definition) is 6. The summed E-state index contributed by atoms with van der Waals surface area (Å²) in [6.45, 7) is 2.51. The third-order valence-corrected chi connectivity index (χ3v) is 4.12. The minimum Gasteiger partial charge on any atom is -0.390 e. The van der Waals surface area contributed by atoms with Crippen molar-refractivity contribution in [2.24, 2.45) is 5.92 Å². The number of ether oxygens (including phenoxy) is 2. The van der Waals surface area contributed by atoms with Crippen molar-refractivity contribution < 1.29 is 19.1 Å². The molecule has 1 aliphatic carbocycles. The third kappa shape index (κ3) is 3.37. The number of methoxy groups -OCH3 is 2. The Morgan fingerprint density at radius 1 is 1.40 bits per heavy atom. The zero-order valence-corrected chi connectivity index (χ0v) is 12.5. The van der Waals surface area contributed by atoms with E-state index in [-0.39, 0.29) is 6.61 Å². The second kappa shape index (κ2) is 6.65. The van der Waals surface area contributed by atoms with Crippen molar-refractivity contribution >= 4 is 0 Å². The van der Waals surface area contributed by atoms with E-state index < -0.39 is 11.7 Å². The first-order valence-electron chi connectivity index (χ1n) is 7.15. The van der Waals surface area contributed by atoms with Gasteiger partial charge in [0.15, 0.2) is 0 Å². The molecule has 6 heteroatoms. The summed E-state index contributed by atoms with van der Waals surface area (Å²) in [7, 11) is 3.25. The van der Waals surface area contributed by atoms with Gasteiger partial charge in [-0.05, 0) is 31.6 Å². The van der Waals surface area contributed by atoms with Gasteiger partial charge in [0.05, 0.1) is 19.1 Å². The summed E-state index contributed by atoms with van der Waals surface area (Å²) in [6, 6.07) is 0. The molecule has 1 aliphatic rings. The molecule has 0 amide bonds. The molecule has 6 nitrogen and oxygen atoms in total. The lowest BCUT2D eigenvalue weighted by Gasteiger charge is -2.35. The molecule has 0 saturated heterocycles. The number of hydrogen-bond donors (Lipinski definition) is 1. The van der Waals surface area contributed by atoms with E-state index >= 15 is 0 Å². The largest absolute Gasteiger partial charge is 0.390 e. The van der Waals surface area contributed by atoms with E-state index in [1.165, 1.54) is 0 Å². The fourth-order valence-corrected chi connectivity index (χ4v) is 2.72. The highest BCUT2D eigenvalue weighted by molar-refractivity contribution is 5.04. The van der Waals surface area contributed by atoms with Crippen LogP contribution in [-0.2, 0) is 21.5 Å². The van der Waals surface area contributed by atoms with Crippen LogP contribution in [0.15, 0.2) is 4.52 Å². The van der Waals surface area contributed by atoms with E-state index in [9.17, 15) is 5.11 Å². The standard InChI is InChI=1S/C14H24N2O4/c1-10-4-6-14(19-3,7-5-10)13-15-12(20-16-13)8-11(17)9-18-2/h10-11,17H,4-9H2,1-3H3. The van der Waals surface area contributed by atoms with Crippen molar-refractivity contribution in [1.82, 2.24) is 10.1 Å². The van der Waals surface area contributed by atoms with Gasteiger partial charge in [-0.3, -0.25) is 0 Å². The van der Waals surface area contributed by atoms with Crippen LogP contribution in [0.5, 0.6) is 0 Å². The maximum atomic E-state index is 9.69. The van der Waals surface area contributed by atoms with Gasteiger partial charge in [0.25, 0.3) is 0 Å². The summed E-state index contributed by atoms with van der Waals surface area (Å²) in [5.74, 6) is 1.75. The summed E-state index contributed by atoms with van der Waals surface area (Å²) < 4.78 is 15.8. The van der Waals surface area contributed by atoms with Gasteiger partial charge in [0, 0.05) is 14.2 Å². The number of nitrogens with zero attached hydrogens (tertiary/aromatic N) is 2. The van der Waals surface area contributed by atoms with Gasteiger partial charge in [0.2, 0.25) is 11.7 Å². The summed E-state index contributed by atoms with van der Waals surface area (Å²) in [6.07, 6.45) is 3.69. The Bertz CT molecular complexity index is 413. The van der Waals surface area contributed by atoms with E-state index in [2.05, 4.69) is 17.1 Å². The Hall–Kier alpha value is -0.980. The van der Waals surface area contributed by atoms with Crippen LogP contribution < -0.4 is 0 Å². The first-order valence-corrected chi connectivity index (χ1v) is 7.15. The predicted molar refractivity (Wildman–Crippen MR) is 72.2 cm³/mol. The van der Waals surface area contributed by atoms with Gasteiger partial charge < -0.3 is 19.1 Å². The molecule has 1 fully saturated rings. The van der Waals surface area contributed by atoms with Crippen LogP contribution in [0.3, 0.4) is 0 Å². The van der Waals surface area contributed by atoms with Crippen LogP contribution in [0.25, 0.3) is 0 Å². The molecule has 1 unspecified atom stereocenters. The van der Waals surface area contributed by atoms with Crippen LogP contribution in [0.4, 0.5) is 0 Å². The first kappa shape index (κ1) is 15.4. The first-order chi connectivity index (χ1) is 9.59. The monoisotopic (exact) mass is 284 g/mol. The van der Waals surface area contributed by atoms with E-state index in [0.717, 1.165) is 25.7 Å². The molecule has 1 aromatic heterocycles. The minimum absolute atomic E-state index is 0.255. The molecule has 0 radical (unpaired) electrons. The van der Waals surface area contributed by atoms with E-state index in [1.54, 1.807) is 14.2 Å².